The maximum absolute atomic E-state index is 14.0. The van der Waals surface area contributed by atoms with E-state index in [9.17, 15) is 19.2 Å². The number of morpholine rings is 1. The monoisotopic (exact) mass is 725 g/mol. The molecule has 53 heavy (non-hydrogen) atoms. The number of rotatable bonds is 9. The zero-order valence-corrected chi connectivity index (χ0v) is 31.3. The van der Waals surface area contributed by atoms with Crippen LogP contribution in [-0.4, -0.2) is 115 Å². The van der Waals surface area contributed by atoms with Gasteiger partial charge < -0.3 is 34.8 Å². The summed E-state index contributed by atoms with van der Waals surface area (Å²) in [4.78, 5) is 66.2. The Labute approximate surface area is 311 Å². The quantitative estimate of drug-likeness (QED) is 0.302. The van der Waals surface area contributed by atoms with E-state index in [4.69, 9.17) is 14.5 Å². The minimum Gasteiger partial charge on any atom is -0.444 e. The topological polar surface area (TPSA) is 137 Å². The Morgan fingerprint density at radius 1 is 0.868 bits per heavy atom. The highest BCUT2D eigenvalue weighted by Gasteiger charge is 2.27. The second kappa shape index (κ2) is 16.8. The van der Waals surface area contributed by atoms with Crippen molar-refractivity contribution in [3.63, 3.8) is 0 Å². The lowest BCUT2D eigenvalue weighted by Crippen LogP contribution is -2.41. The number of piperidine rings is 1. The van der Waals surface area contributed by atoms with Crippen molar-refractivity contribution in [3.05, 3.63) is 82.5 Å². The Kier molecular flexibility index (Phi) is 11.9. The lowest BCUT2D eigenvalue weighted by molar-refractivity contribution is 0.0222. The van der Waals surface area contributed by atoms with Crippen molar-refractivity contribution in [1.29, 1.82) is 0 Å². The van der Waals surface area contributed by atoms with Crippen molar-refractivity contribution in [2.75, 3.05) is 81.6 Å². The first kappa shape index (κ1) is 37.7. The third kappa shape index (κ3) is 9.91. The lowest BCUT2D eigenvalue weighted by Gasteiger charge is -2.31. The molecule has 4 heterocycles. The molecule has 13 nitrogen and oxygen atoms in total. The number of ether oxygens (including phenoxy) is 2. The van der Waals surface area contributed by atoms with E-state index in [1.54, 1.807) is 53.2 Å². The zero-order chi connectivity index (χ0) is 37.5. The van der Waals surface area contributed by atoms with E-state index in [0.717, 1.165) is 62.5 Å². The van der Waals surface area contributed by atoms with Crippen molar-refractivity contribution in [1.82, 2.24) is 19.7 Å². The molecular formula is C40H51N7O6. The SMILES string of the molecule is CN(CCN1CCOCC1)C(=O)c1cccc(C(=O)Nc2ccc(N3CCCCC3)cc2C(=O)Nc2ccc3c(n2)CCN(C(=O)OC(C)(C)C)C3)c1. The van der Waals surface area contributed by atoms with Crippen LogP contribution in [0.15, 0.2) is 54.6 Å². The smallest absolute Gasteiger partial charge is 0.410 e. The fourth-order valence-corrected chi connectivity index (χ4v) is 6.76. The number of anilines is 3. The average Bonchev–Trinajstić information content (AvgIpc) is 3.16. The number of nitrogens with zero attached hydrogens (tertiary/aromatic N) is 5. The van der Waals surface area contributed by atoms with Gasteiger partial charge in [-0.15, -0.1) is 0 Å². The number of aromatic nitrogens is 1. The van der Waals surface area contributed by atoms with Crippen molar-refractivity contribution in [2.45, 2.75) is 58.6 Å². The van der Waals surface area contributed by atoms with Gasteiger partial charge in [0.05, 0.1) is 31.0 Å². The summed E-state index contributed by atoms with van der Waals surface area (Å²) in [6.45, 7) is 12.5. The van der Waals surface area contributed by atoms with Crippen LogP contribution in [-0.2, 0) is 22.4 Å². The molecule has 13 heteroatoms. The first-order valence-electron chi connectivity index (χ1n) is 18.6. The number of carbonyl (C=O) groups is 4. The molecule has 0 aliphatic carbocycles. The van der Waals surface area contributed by atoms with Gasteiger partial charge in [0, 0.05) is 81.8 Å². The number of fused-ring (bicyclic) bond motifs is 1. The van der Waals surface area contributed by atoms with E-state index < -0.39 is 17.4 Å². The normalized spacial score (nSPS) is 16.4. The predicted octanol–water partition coefficient (Wildman–Crippen LogP) is 5.27. The van der Waals surface area contributed by atoms with Gasteiger partial charge in [-0.3, -0.25) is 19.3 Å². The van der Waals surface area contributed by atoms with Crippen LogP contribution >= 0.6 is 0 Å². The fraction of sp³-hybridized carbons (Fsp3) is 0.475. The highest BCUT2D eigenvalue weighted by molar-refractivity contribution is 6.13. The average molecular weight is 726 g/mol. The molecule has 0 unspecified atom stereocenters. The van der Waals surface area contributed by atoms with Gasteiger partial charge in [-0.2, -0.15) is 0 Å². The molecular weight excluding hydrogens is 674 g/mol. The summed E-state index contributed by atoms with van der Waals surface area (Å²) in [5.74, 6) is -0.640. The lowest BCUT2D eigenvalue weighted by atomic mass is 10.1. The minimum absolute atomic E-state index is 0.172. The predicted molar refractivity (Wildman–Crippen MR) is 204 cm³/mol. The number of benzene rings is 2. The molecule has 0 radical (unpaired) electrons. The van der Waals surface area contributed by atoms with E-state index in [-0.39, 0.29) is 12.0 Å². The molecule has 3 aliphatic rings. The van der Waals surface area contributed by atoms with Gasteiger partial charge in [-0.25, -0.2) is 9.78 Å². The van der Waals surface area contributed by atoms with E-state index in [1.165, 1.54) is 6.42 Å². The largest absolute Gasteiger partial charge is 0.444 e. The molecule has 0 spiro atoms. The first-order chi connectivity index (χ1) is 25.4. The van der Waals surface area contributed by atoms with E-state index in [2.05, 4.69) is 20.4 Å². The Morgan fingerprint density at radius 3 is 2.38 bits per heavy atom. The fourth-order valence-electron chi connectivity index (χ4n) is 6.76. The van der Waals surface area contributed by atoms with E-state index >= 15 is 0 Å². The molecule has 0 bridgehead atoms. The molecule has 0 saturated carbocycles. The first-order valence-corrected chi connectivity index (χ1v) is 18.6. The van der Waals surface area contributed by atoms with Gasteiger partial charge in [0.15, 0.2) is 0 Å². The third-order valence-electron chi connectivity index (χ3n) is 9.73. The summed E-state index contributed by atoms with van der Waals surface area (Å²) in [5.41, 5.74) is 3.38. The number of likely N-dealkylation sites (N-methyl/N-ethyl adjacent to an activating group) is 1. The van der Waals surface area contributed by atoms with Crippen molar-refractivity contribution in [3.8, 4) is 0 Å². The Bertz CT molecular complexity index is 1810. The number of hydrogen-bond acceptors (Lipinski definition) is 9. The maximum atomic E-state index is 14.0. The number of pyridine rings is 1. The molecule has 2 saturated heterocycles. The summed E-state index contributed by atoms with van der Waals surface area (Å²) >= 11 is 0. The maximum Gasteiger partial charge on any atom is 0.410 e. The molecule has 6 rings (SSSR count). The Hall–Kier alpha value is -5.01. The number of hydrogen-bond donors (Lipinski definition) is 2. The Morgan fingerprint density at radius 2 is 1.62 bits per heavy atom. The second-order valence-electron chi connectivity index (χ2n) is 14.9. The van der Waals surface area contributed by atoms with Crippen LogP contribution in [0, 0.1) is 0 Å². The number of carbonyl (C=O) groups excluding carboxylic acids is 4. The summed E-state index contributed by atoms with van der Waals surface area (Å²) in [7, 11) is 1.76. The van der Waals surface area contributed by atoms with Crippen molar-refractivity contribution < 1.29 is 28.7 Å². The van der Waals surface area contributed by atoms with Gasteiger partial charge in [0.25, 0.3) is 17.7 Å². The summed E-state index contributed by atoms with van der Waals surface area (Å²) in [6.07, 6.45) is 3.47. The van der Waals surface area contributed by atoms with Crippen molar-refractivity contribution >= 4 is 41.0 Å². The number of nitrogens with one attached hydrogen (secondary N) is 2. The van der Waals surface area contributed by atoms with Crippen LogP contribution in [0.1, 0.15) is 82.4 Å². The molecule has 2 fully saturated rings. The highest BCUT2D eigenvalue weighted by Crippen LogP contribution is 2.28. The molecule has 2 aromatic carbocycles. The number of amides is 4. The van der Waals surface area contributed by atoms with E-state index in [1.807, 2.05) is 39.0 Å². The second-order valence-corrected chi connectivity index (χ2v) is 14.9. The minimum atomic E-state index is -0.587. The van der Waals surface area contributed by atoms with Gasteiger partial charge in [0.1, 0.15) is 11.4 Å². The van der Waals surface area contributed by atoms with Gasteiger partial charge >= 0.3 is 6.09 Å². The molecule has 0 atom stereocenters. The van der Waals surface area contributed by atoms with Crippen LogP contribution < -0.4 is 15.5 Å². The van der Waals surface area contributed by atoms with E-state index in [0.29, 0.717) is 67.5 Å². The molecule has 1 aromatic heterocycles. The van der Waals surface area contributed by atoms with Crippen LogP contribution in [0.25, 0.3) is 0 Å². The van der Waals surface area contributed by atoms with Gasteiger partial charge in [-0.05, 0) is 88.1 Å². The van der Waals surface area contributed by atoms with Crippen LogP contribution in [0.4, 0.5) is 22.0 Å². The molecule has 2 N–H and O–H groups in total. The molecule has 3 aromatic rings. The van der Waals surface area contributed by atoms with Crippen molar-refractivity contribution in [2.24, 2.45) is 0 Å². The summed E-state index contributed by atoms with van der Waals surface area (Å²) < 4.78 is 11.0. The van der Waals surface area contributed by atoms with Crippen LogP contribution in [0.2, 0.25) is 0 Å². The van der Waals surface area contributed by atoms with Crippen LogP contribution in [0.5, 0.6) is 0 Å². The third-order valence-corrected chi connectivity index (χ3v) is 9.73. The molecule has 4 amide bonds. The summed E-state index contributed by atoms with van der Waals surface area (Å²) in [6, 6.07) is 15.7. The zero-order valence-electron chi connectivity index (χ0n) is 31.3. The van der Waals surface area contributed by atoms with Crippen LogP contribution in [0.3, 0.4) is 0 Å². The van der Waals surface area contributed by atoms with Gasteiger partial charge in [0.2, 0.25) is 0 Å². The standard InChI is InChI=1S/C40H51N7O6/c1-40(2,3)53-39(51)47-18-15-33-30(27-47)11-14-35(41-33)43-37(49)32-26-31(46-16-6-5-7-17-46)12-13-34(32)42-36(48)28-9-8-10-29(25-28)38(50)44(4)19-20-45-21-23-52-24-22-45/h8-14,25-26H,5-7,15-24,27H2,1-4H3,(H,42,48)(H,41,43,49). The molecule has 282 valence electrons. The Balaban J connectivity index is 1.16. The highest BCUT2D eigenvalue weighted by atomic mass is 16.6. The van der Waals surface area contributed by atoms with Gasteiger partial charge in [-0.1, -0.05) is 12.1 Å². The molecule has 3 aliphatic heterocycles. The summed E-state index contributed by atoms with van der Waals surface area (Å²) in [5, 5.41) is 5.88.